The minimum absolute atomic E-state index is 0.0150. The Labute approximate surface area is 151 Å². The number of halogens is 4. The van der Waals surface area contributed by atoms with Gasteiger partial charge in [-0.25, -0.2) is 0 Å². The zero-order chi connectivity index (χ0) is 18.9. The molecule has 1 amide bonds. The maximum absolute atomic E-state index is 12.9. The zero-order valence-corrected chi connectivity index (χ0v) is 14.2. The summed E-state index contributed by atoms with van der Waals surface area (Å²) in [5.74, 6) is 0.141. The van der Waals surface area contributed by atoms with Gasteiger partial charge >= 0.3 is 6.18 Å². The molecule has 0 bridgehead atoms. The van der Waals surface area contributed by atoms with Gasteiger partial charge in [-0.3, -0.25) is 4.79 Å². The topological polar surface area (TPSA) is 51.5 Å². The predicted octanol–water partition coefficient (Wildman–Crippen LogP) is 5.29. The number of carbonyl (C=O) groups excluding carboxylic acids is 1. The molecule has 1 N–H and O–H groups in total. The van der Waals surface area contributed by atoms with Gasteiger partial charge in [-0.1, -0.05) is 11.6 Å². The van der Waals surface area contributed by atoms with E-state index in [9.17, 15) is 18.0 Å². The molecule has 3 aromatic rings. The molecule has 2 aromatic carbocycles. The second kappa shape index (κ2) is 6.92. The molecule has 0 unspecified atom stereocenters. The minimum atomic E-state index is -4.60. The van der Waals surface area contributed by atoms with Gasteiger partial charge in [0, 0.05) is 22.7 Å². The first-order chi connectivity index (χ1) is 12.3. The predicted molar refractivity (Wildman–Crippen MR) is 91.6 cm³/mol. The quantitative estimate of drug-likeness (QED) is 0.665. The fraction of sp³-hybridized carbons (Fsp3) is 0.167. The van der Waals surface area contributed by atoms with Gasteiger partial charge in [0.2, 0.25) is 5.91 Å². The van der Waals surface area contributed by atoms with Crippen LogP contribution in [0.2, 0.25) is 5.02 Å². The number of ether oxygens (including phenoxy) is 1. The molecule has 136 valence electrons. The molecule has 3 rings (SSSR count). The number of fused-ring (bicyclic) bond motifs is 1. The van der Waals surface area contributed by atoms with Crippen molar-refractivity contribution in [1.82, 2.24) is 0 Å². The summed E-state index contributed by atoms with van der Waals surface area (Å²) >= 11 is 5.57. The van der Waals surface area contributed by atoms with E-state index in [-0.39, 0.29) is 12.1 Å². The third kappa shape index (κ3) is 3.77. The number of hydrogen-bond donors (Lipinski definition) is 1. The number of furan rings is 1. The third-order valence-corrected chi connectivity index (χ3v) is 4.10. The maximum Gasteiger partial charge on any atom is 0.417 e. The van der Waals surface area contributed by atoms with Crippen molar-refractivity contribution in [3.8, 4) is 5.75 Å². The van der Waals surface area contributed by atoms with Crippen LogP contribution in [0, 0.1) is 0 Å². The van der Waals surface area contributed by atoms with Gasteiger partial charge in [-0.2, -0.15) is 13.2 Å². The van der Waals surface area contributed by atoms with Crippen LogP contribution in [0.15, 0.2) is 47.1 Å². The maximum atomic E-state index is 12.9. The summed E-state index contributed by atoms with van der Waals surface area (Å²) in [5.41, 5.74) is 0.183. The fourth-order valence-electron chi connectivity index (χ4n) is 2.53. The number of rotatable bonds is 4. The average Bonchev–Trinajstić information content (AvgIpc) is 2.97. The van der Waals surface area contributed by atoms with Crippen molar-refractivity contribution in [3.05, 3.63) is 58.8 Å². The second-order valence-corrected chi connectivity index (χ2v) is 5.95. The van der Waals surface area contributed by atoms with Gasteiger partial charge in [0.05, 0.1) is 30.4 Å². The molecule has 0 aliphatic carbocycles. The van der Waals surface area contributed by atoms with E-state index in [0.29, 0.717) is 16.9 Å². The Balaban J connectivity index is 1.77. The lowest BCUT2D eigenvalue weighted by Gasteiger charge is -2.11. The highest BCUT2D eigenvalue weighted by Gasteiger charge is 2.33. The van der Waals surface area contributed by atoms with Crippen molar-refractivity contribution in [2.45, 2.75) is 12.6 Å². The standard InChI is InChI=1S/C18H13ClF3NO3/c1-25-12-3-4-13-10(9-26-16(13)8-12)6-17(24)23-11-2-5-15(19)14(7-11)18(20,21)22/h2-5,7-9H,6H2,1H3,(H,23,24). The normalized spacial score (nSPS) is 11.6. The van der Waals surface area contributed by atoms with E-state index in [2.05, 4.69) is 5.32 Å². The zero-order valence-electron chi connectivity index (χ0n) is 13.5. The third-order valence-electron chi connectivity index (χ3n) is 3.77. The Morgan fingerprint density at radius 1 is 1.23 bits per heavy atom. The highest BCUT2D eigenvalue weighted by atomic mass is 35.5. The van der Waals surface area contributed by atoms with Crippen LogP contribution in [-0.2, 0) is 17.4 Å². The van der Waals surface area contributed by atoms with Crippen molar-refractivity contribution in [3.63, 3.8) is 0 Å². The molecule has 26 heavy (non-hydrogen) atoms. The molecule has 0 radical (unpaired) electrons. The van der Waals surface area contributed by atoms with Gasteiger partial charge in [-0.05, 0) is 30.3 Å². The summed E-state index contributed by atoms with van der Waals surface area (Å²) in [6.45, 7) is 0. The number of nitrogens with one attached hydrogen (secondary N) is 1. The Morgan fingerprint density at radius 2 is 2.00 bits per heavy atom. The molecule has 4 nitrogen and oxygen atoms in total. The molecule has 1 aromatic heterocycles. The summed E-state index contributed by atoms with van der Waals surface area (Å²) in [4.78, 5) is 12.2. The monoisotopic (exact) mass is 383 g/mol. The molecular weight excluding hydrogens is 371 g/mol. The first-order valence-electron chi connectivity index (χ1n) is 7.48. The van der Waals surface area contributed by atoms with Gasteiger partial charge in [0.15, 0.2) is 0 Å². The molecule has 0 aliphatic heterocycles. The Hall–Kier alpha value is -2.67. The van der Waals surface area contributed by atoms with E-state index < -0.39 is 22.7 Å². The molecule has 8 heteroatoms. The van der Waals surface area contributed by atoms with Crippen LogP contribution < -0.4 is 10.1 Å². The van der Waals surface area contributed by atoms with Crippen molar-refractivity contribution in [2.24, 2.45) is 0 Å². The van der Waals surface area contributed by atoms with Crippen molar-refractivity contribution >= 4 is 34.2 Å². The van der Waals surface area contributed by atoms with Crippen molar-refractivity contribution in [2.75, 3.05) is 12.4 Å². The highest BCUT2D eigenvalue weighted by Crippen LogP contribution is 2.36. The summed E-state index contributed by atoms with van der Waals surface area (Å²) in [5, 5.41) is 2.75. The first kappa shape index (κ1) is 18.1. The Kier molecular flexibility index (Phi) is 4.82. The summed E-state index contributed by atoms with van der Waals surface area (Å²) < 4.78 is 49.2. The van der Waals surface area contributed by atoms with Crippen LogP contribution in [0.5, 0.6) is 5.75 Å². The van der Waals surface area contributed by atoms with Gasteiger partial charge < -0.3 is 14.5 Å². The smallest absolute Gasteiger partial charge is 0.417 e. The van der Waals surface area contributed by atoms with Crippen molar-refractivity contribution < 1.29 is 27.1 Å². The molecule has 1 heterocycles. The van der Waals surface area contributed by atoms with Gasteiger partial charge in [0.25, 0.3) is 0 Å². The number of hydrogen-bond acceptors (Lipinski definition) is 3. The van der Waals surface area contributed by atoms with E-state index in [0.717, 1.165) is 17.5 Å². The lowest BCUT2D eigenvalue weighted by molar-refractivity contribution is -0.137. The molecule has 0 fully saturated rings. The molecule has 0 aliphatic rings. The number of amides is 1. The number of carbonyl (C=O) groups is 1. The van der Waals surface area contributed by atoms with Crippen LogP contribution in [0.3, 0.4) is 0 Å². The van der Waals surface area contributed by atoms with Crippen LogP contribution in [-0.4, -0.2) is 13.0 Å². The molecule has 0 atom stereocenters. The first-order valence-corrected chi connectivity index (χ1v) is 7.86. The van der Waals surface area contributed by atoms with Crippen LogP contribution in [0.25, 0.3) is 11.0 Å². The lowest BCUT2D eigenvalue weighted by Crippen LogP contribution is -2.15. The number of methoxy groups -OCH3 is 1. The van der Waals surface area contributed by atoms with Crippen LogP contribution in [0.1, 0.15) is 11.1 Å². The minimum Gasteiger partial charge on any atom is -0.497 e. The van der Waals surface area contributed by atoms with E-state index >= 15 is 0 Å². The van der Waals surface area contributed by atoms with Crippen molar-refractivity contribution in [1.29, 1.82) is 0 Å². The summed E-state index contributed by atoms with van der Waals surface area (Å²) in [6, 6.07) is 8.38. The Bertz CT molecular complexity index is 966. The van der Waals surface area contributed by atoms with E-state index in [1.807, 2.05) is 0 Å². The van der Waals surface area contributed by atoms with Gasteiger partial charge in [-0.15, -0.1) is 0 Å². The fourth-order valence-corrected chi connectivity index (χ4v) is 2.75. The second-order valence-electron chi connectivity index (χ2n) is 5.54. The average molecular weight is 384 g/mol. The van der Waals surface area contributed by atoms with Crippen LogP contribution >= 0.6 is 11.6 Å². The number of anilines is 1. The SMILES string of the molecule is COc1ccc2c(CC(=O)Nc3ccc(Cl)c(C(F)(F)F)c3)coc2c1. The van der Waals surface area contributed by atoms with Crippen LogP contribution in [0.4, 0.5) is 18.9 Å². The summed E-state index contributed by atoms with van der Waals surface area (Å²) in [7, 11) is 1.53. The van der Waals surface area contributed by atoms with E-state index in [4.69, 9.17) is 20.8 Å². The molecule has 0 saturated heterocycles. The largest absolute Gasteiger partial charge is 0.497 e. The molecular formula is C18H13ClF3NO3. The number of alkyl halides is 3. The van der Waals surface area contributed by atoms with E-state index in [1.165, 1.54) is 19.4 Å². The van der Waals surface area contributed by atoms with Gasteiger partial charge in [0.1, 0.15) is 11.3 Å². The highest BCUT2D eigenvalue weighted by molar-refractivity contribution is 6.31. The number of benzene rings is 2. The Morgan fingerprint density at radius 3 is 2.69 bits per heavy atom. The molecule has 0 saturated carbocycles. The van der Waals surface area contributed by atoms with E-state index in [1.54, 1.807) is 18.2 Å². The lowest BCUT2D eigenvalue weighted by atomic mass is 10.1. The summed E-state index contributed by atoms with van der Waals surface area (Å²) in [6.07, 6.45) is -3.21. The molecule has 0 spiro atoms.